The Morgan fingerprint density at radius 1 is 1.05 bits per heavy atom. The van der Waals surface area contributed by atoms with Gasteiger partial charge >= 0.3 is 5.97 Å². The van der Waals surface area contributed by atoms with E-state index in [0.717, 1.165) is 17.8 Å². The smallest absolute Gasteiger partial charge is 0.316 e. The molecule has 4 bridgehead atoms. The molecule has 0 N–H and O–H groups in total. The van der Waals surface area contributed by atoms with Crippen molar-refractivity contribution in [2.75, 3.05) is 0 Å². The summed E-state index contributed by atoms with van der Waals surface area (Å²) in [5.74, 6) is 1.40. The Morgan fingerprint density at radius 3 is 1.86 bits per heavy atom. The minimum atomic E-state index is -0.641. The average Bonchev–Trinajstić information content (AvgIpc) is 2.35. The summed E-state index contributed by atoms with van der Waals surface area (Å²) in [5.41, 5.74) is -0.308. The van der Waals surface area contributed by atoms with Gasteiger partial charge in [0, 0.05) is 5.41 Å². The summed E-state index contributed by atoms with van der Waals surface area (Å²) in [6.07, 6.45) is 7.75. The second kappa shape index (κ2) is 4.82. The number of carbonyl (C=O) groups is 2. The first-order chi connectivity index (χ1) is 9.72. The summed E-state index contributed by atoms with van der Waals surface area (Å²) in [6.45, 7) is 7.26. The van der Waals surface area contributed by atoms with Crippen LogP contribution in [0.15, 0.2) is 0 Å². The van der Waals surface area contributed by atoms with Crippen LogP contribution in [0.5, 0.6) is 0 Å². The lowest BCUT2D eigenvalue weighted by atomic mass is 9.46. The Balaban J connectivity index is 1.78. The molecule has 1 atom stereocenters. The molecule has 0 heterocycles. The zero-order valence-electron chi connectivity index (χ0n) is 13.8. The van der Waals surface area contributed by atoms with E-state index in [1.807, 2.05) is 0 Å². The molecule has 4 aliphatic rings. The second-order valence-electron chi connectivity index (χ2n) is 8.46. The van der Waals surface area contributed by atoms with Crippen LogP contribution in [-0.2, 0) is 14.3 Å². The van der Waals surface area contributed by atoms with Crippen LogP contribution >= 0.6 is 0 Å². The van der Waals surface area contributed by atoms with Gasteiger partial charge in [0.25, 0.3) is 0 Å². The first-order valence-electron chi connectivity index (χ1n) is 8.46. The zero-order valence-corrected chi connectivity index (χ0v) is 13.8. The largest absolute Gasteiger partial charge is 0.459 e. The second-order valence-corrected chi connectivity index (χ2v) is 8.46. The molecule has 1 unspecified atom stereocenters. The highest BCUT2D eigenvalue weighted by Gasteiger charge is 2.58. The molecular formula is C18H28O3. The number of carbonyl (C=O) groups excluding carboxylic acids is 2. The van der Waals surface area contributed by atoms with Crippen molar-refractivity contribution in [2.24, 2.45) is 29.1 Å². The molecule has 4 aliphatic carbocycles. The van der Waals surface area contributed by atoms with Crippen molar-refractivity contribution in [3.05, 3.63) is 0 Å². The predicted octanol–water partition coefficient (Wildman–Crippen LogP) is 3.75. The molecule has 4 saturated carbocycles. The number of Topliss-reactive ketones (excluding diaryl/α,β-unsaturated/α-hetero) is 1. The van der Waals surface area contributed by atoms with E-state index in [0.29, 0.717) is 0 Å². The lowest BCUT2D eigenvalue weighted by Gasteiger charge is -2.61. The van der Waals surface area contributed by atoms with Crippen molar-refractivity contribution in [1.29, 1.82) is 0 Å². The van der Waals surface area contributed by atoms with E-state index in [2.05, 4.69) is 13.8 Å². The third kappa shape index (κ3) is 2.43. The first-order valence-corrected chi connectivity index (χ1v) is 8.46. The number of hydrogen-bond acceptors (Lipinski definition) is 3. The third-order valence-corrected chi connectivity index (χ3v) is 6.63. The summed E-state index contributed by atoms with van der Waals surface area (Å²) < 4.78 is 5.89. The molecule has 0 spiro atoms. The van der Waals surface area contributed by atoms with Gasteiger partial charge in [0.1, 0.15) is 17.3 Å². The summed E-state index contributed by atoms with van der Waals surface area (Å²) in [7, 11) is 0. The van der Waals surface area contributed by atoms with Crippen LogP contribution in [0.2, 0.25) is 0 Å². The maximum absolute atomic E-state index is 12.3. The van der Waals surface area contributed by atoms with Gasteiger partial charge in [-0.2, -0.15) is 0 Å². The molecule has 0 saturated heterocycles. The monoisotopic (exact) mass is 292 g/mol. The molecule has 118 valence electrons. The summed E-state index contributed by atoms with van der Waals surface area (Å²) in [5, 5.41) is 0. The minimum Gasteiger partial charge on any atom is -0.459 e. The Bertz CT molecular complexity index is 428. The fourth-order valence-corrected chi connectivity index (χ4v) is 5.46. The molecule has 0 radical (unpaired) electrons. The maximum atomic E-state index is 12.3. The molecule has 0 amide bonds. The SMILES string of the molecule is CC(=O)C(C)C(=O)OC(C)(C)C12CC3CC(CC(C3)C1)C2. The van der Waals surface area contributed by atoms with Crippen molar-refractivity contribution in [3.8, 4) is 0 Å². The van der Waals surface area contributed by atoms with Gasteiger partial charge in [-0.15, -0.1) is 0 Å². The minimum absolute atomic E-state index is 0.110. The van der Waals surface area contributed by atoms with Crippen LogP contribution < -0.4 is 0 Å². The van der Waals surface area contributed by atoms with Gasteiger partial charge in [0.2, 0.25) is 0 Å². The van der Waals surface area contributed by atoms with Gasteiger partial charge in [-0.25, -0.2) is 0 Å². The number of ketones is 1. The van der Waals surface area contributed by atoms with E-state index in [4.69, 9.17) is 4.74 Å². The molecule has 21 heavy (non-hydrogen) atoms. The fraction of sp³-hybridized carbons (Fsp3) is 0.889. The van der Waals surface area contributed by atoms with E-state index in [1.54, 1.807) is 6.92 Å². The molecule has 0 aromatic carbocycles. The summed E-state index contributed by atoms with van der Waals surface area (Å²) in [6, 6.07) is 0. The zero-order chi connectivity index (χ0) is 15.4. The molecule has 3 heteroatoms. The van der Waals surface area contributed by atoms with Crippen molar-refractivity contribution in [2.45, 2.75) is 71.8 Å². The van der Waals surface area contributed by atoms with Crippen LogP contribution in [-0.4, -0.2) is 17.4 Å². The molecule has 4 rings (SSSR count). The number of esters is 1. The topological polar surface area (TPSA) is 43.4 Å². The standard InChI is InChI=1S/C18H28O3/c1-11(12(2)19)16(20)21-17(3,4)18-8-13-5-14(9-18)7-15(6-13)10-18/h11,13-15H,5-10H2,1-4H3. The van der Waals surface area contributed by atoms with Gasteiger partial charge in [-0.1, -0.05) is 0 Å². The van der Waals surface area contributed by atoms with Crippen LogP contribution in [0.25, 0.3) is 0 Å². The normalized spacial score (nSPS) is 39.1. The van der Waals surface area contributed by atoms with E-state index < -0.39 is 11.5 Å². The van der Waals surface area contributed by atoms with Crippen molar-refractivity contribution >= 4 is 11.8 Å². The maximum Gasteiger partial charge on any atom is 0.316 e. The first kappa shape index (κ1) is 15.1. The summed E-state index contributed by atoms with van der Waals surface area (Å²) >= 11 is 0. The number of hydrogen-bond donors (Lipinski definition) is 0. The fourth-order valence-electron chi connectivity index (χ4n) is 5.46. The van der Waals surface area contributed by atoms with Gasteiger partial charge in [-0.05, 0) is 84.0 Å². The van der Waals surface area contributed by atoms with E-state index in [9.17, 15) is 9.59 Å². The van der Waals surface area contributed by atoms with Crippen LogP contribution in [0, 0.1) is 29.1 Å². The Kier molecular flexibility index (Phi) is 3.46. The highest BCUT2D eigenvalue weighted by atomic mass is 16.6. The molecular weight excluding hydrogens is 264 g/mol. The molecule has 0 aliphatic heterocycles. The van der Waals surface area contributed by atoms with E-state index in [1.165, 1.54) is 45.4 Å². The van der Waals surface area contributed by atoms with Crippen LogP contribution in [0.4, 0.5) is 0 Å². The Hall–Kier alpha value is -0.860. The number of rotatable bonds is 4. The lowest BCUT2D eigenvalue weighted by molar-refractivity contribution is -0.201. The van der Waals surface area contributed by atoms with Crippen LogP contribution in [0.1, 0.15) is 66.2 Å². The average molecular weight is 292 g/mol. The van der Waals surface area contributed by atoms with Gasteiger partial charge in [0.05, 0.1) is 0 Å². The van der Waals surface area contributed by atoms with Crippen molar-refractivity contribution in [1.82, 2.24) is 0 Å². The molecule has 4 fully saturated rings. The lowest BCUT2D eigenvalue weighted by Crippen LogP contribution is -2.57. The molecule has 3 nitrogen and oxygen atoms in total. The van der Waals surface area contributed by atoms with Crippen LogP contribution in [0.3, 0.4) is 0 Å². The van der Waals surface area contributed by atoms with Gasteiger partial charge in [-0.3, -0.25) is 9.59 Å². The highest BCUT2D eigenvalue weighted by molar-refractivity contribution is 5.97. The third-order valence-electron chi connectivity index (χ3n) is 6.63. The van der Waals surface area contributed by atoms with Gasteiger partial charge in [0.15, 0.2) is 0 Å². The molecule has 0 aromatic rings. The molecule has 0 aromatic heterocycles. The van der Waals surface area contributed by atoms with Crippen molar-refractivity contribution < 1.29 is 14.3 Å². The Labute approximate surface area is 127 Å². The highest BCUT2D eigenvalue weighted by Crippen LogP contribution is 2.64. The van der Waals surface area contributed by atoms with E-state index >= 15 is 0 Å². The van der Waals surface area contributed by atoms with Gasteiger partial charge < -0.3 is 4.74 Å². The summed E-state index contributed by atoms with van der Waals surface area (Å²) in [4.78, 5) is 23.7. The quantitative estimate of drug-likeness (QED) is 0.585. The van der Waals surface area contributed by atoms with E-state index in [-0.39, 0.29) is 17.2 Å². The Morgan fingerprint density at radius 2 is 1.48 bits per heavy atom. The number of ether oxygens (including phenoxy) is 1. The predicted molar refractivity (Wildman–Crippen MR) is 80.6 cm³/mol. The van der Waals surface area contributed by atoms with Crippen molar-refractivity contribution in [3.63, 3.8) is 0 Å².